The number of fused-ring (bicyclic) bond motifs is 1. The highest BCUT2D eigenvalue weighted by molar-refractivity contribution is 7.59. The SMILES string of the molecule is CC(C)OC(=O)[C@H](C)N[P@@](=O)(CO[C@H](C)Cn1cnc2c(N)ncnc21)N[C@H](C)CC(=O)O. The topological polar surface area (TPSA) is 184 Å². The molecule has 14 heteroatoms. The number of aliphatic carboxylic acids is 1. The number of nitrogens with two attached hydrogens (primary N) is 1. The van der Waals surface area contributed by atoms with Gasteiger partial charge in [-0.3, -0.25) is 14.2 Å². The normalized spacial score (nSPS) is 16.3. The molecule has 13 nitrogen and oxygen atoms in total. The summed E-state index contributed by atoms with van der Waals surface area (Å²) in [5.41, 5.74) is 6.82. The van der Waals surface area contributed by atoms with Crippen LogP contribution >= 0.6 is 7.44 Å². The highest BCUT2D eigenvalue weighted by Crippen LogP contribution is 2.38. The van der Waals surface area contributed by atoms with Gasteiger partial charge >= 0.3 is 11.9 Å². The zero-order valence-electron chi connectivity index (χ0n) is 19.4. The van der Waals surface area contributed by atoms with Gasteiger partial charge in [0.1, 0.15) is 24.2 Å². The second-order valence-electron chi connectivity index (χ2n) is 8.14. The monoisotopic (exact) mass is 485 g/mol. The molecule has 0 saturated carbocycles. The van der Waals surface area contributed by atoms with Gasteiger partial charge in [-0.2, -0.15) is 0 Å². The van der Waals surface area contributed by atoms with Crippen molar-refractivity contribution >= 4 is 36.4 Å². The van der Waals surface area contributed by atoms with Gasteiger partial charge in [-0.15, -0.1) is 0 Å². The summed E-state index contributed by atoms with van der Waals surface area (Å²) in [5, 5.41) is 14.6. The van der Waals surface area contributed by atoms with Gasteiger partial charge in [0.05, 0.1) is 31.5 Å². The maximum atomic E-state index is 13.6. The summed E-state index contributed by atoms with van der Waals surface area (Å²) < 4.78 is 26.3. The third-order valence-electron chi connectivity index (χ3n) is 4.44. The third kappa shape index (κ3) is 8.04. The molecule has 2 aromatic heterocycles. The maximum Gasteiger partial charge on any atom is 0.323 e. The van der Waals surface area contributed by atoms with Gasteiger partial charge in [0, 0.05) is 6.04 Å². The molecule has 33 heavy (non-hydrogen) atoms. The van der Waals surface area contributed by atoms with E-state index in [1.807, 2.05) is 0 Å². The zero-order valence-corrected chi connectivity index (χ0v) is 20.3. The Balaban J connectivity index is 2.08. The van der Waals surface area contributed by atoms with Crippen molar-refractivity contribution in [3.63, 3.8) is 0 Å². The van der Waals surface area contributed by atoms with Gasteiger partial charge in [0.25, 0.3) is 0 Å². The van der Waals surface area contributed by atoms with Gasteiger partial charge in [-0.05, 0) is 34.6 Å². The second-order valence-corrected chi connectivity index (χ2v) is 10.4. The molecule has 0 aliphatic carbocycles. The van der Waals surface area contributed by atoms with Crippen LogP contribution < -0.4 is 15.9 Å². The number of rotatable bonds is 13. The van der Waals surface area contributed by atoms with Gasteiger partial charge < -0.3 is 24.9 Å². The molecule has 0 spiro atoms. The highest BCUT2D eigenvalue weighted by Gasteiger charge is 2.31. The van der Waals surface area contributed by atoms with E-state index in [0.29, 0.717) is 17.7 Å². The molecule has 0 aromatic carbocycles. The fourth-order valence-electron chi connectivity index (χ4n) is 3.07. The van der Waals surface area contributed by atoms with Gasteiger partial charge in [0.15, 0.2) is 11.5 Å². The van der Waals surface area contributed by atoms with Gasteiger partial charge in [0.2, 0.25) is 7.44 Å². The van der Waals surface area contributed by atoms with Crippen LogP contribution in [-0.2, 0) is 30.2 Å². The molecule has 2 rings (SSSR count). The van der Waals surface area contributed by atoms with E-state index in [1.165, 1.54) is 13.3 Å². The summed E-state index contributed by atoms with van der Waals surface area (Å²) in [6.45, 7) is 8.64. The molecular formula is C19H32N7O6P. The van der Waals surface area contributed by atoms with Crippen LogP contribution in [-0.4, -0.2) is 67.2 Å². The molecule has 0 aliphatic rings. The average Bonchev–Trinajstić information content (AvgIpc) is 3.09. The number of nitrogens with zero attached hydrogens (tertiary/aromatic N) is 4. The summed E-state index contributed by atoms with van der Waals surface area (Å²) in [7, 11) is -3.54. The lowest BCUT2D eigenvalue weighted by Crippen LogP contribution is -2.41. The molecule has 0 saturated heterocycles. The number of aromatic nitrogens is 4. The number of anilines is 1. The minimum atomic E-state index is -3.54. The van der Waals surface area contributed by atoms with Crippen molar-refractivity contribution in [1.82, 2.24) is 29.7 Å². The lowest BCUT2D eigenvalue weighted by atomic mass is 10.3. The van der Waals surface area contributed by atoms with Crippen molar-refractivity contribution < 1.29 is 28.7 Å². The van der Waals surface area contributed by atoms with Crippen molar-refractivity contribution in [1.29, 1.82) is 0 Å². The minimum absolute atomic E-state index is 0.256. The number of carboxylic acids is 1. The van der Waals surface area contributed by atoms with Crippen molar-refractivity contribution in [2.75, 3.05) is 12.1 Å². The largest absolute Gasteiger partial charge is 0.481 e. The van der Waals surface area contributed by atoms with Crippen LogP contribution in [0.1, 0.15) is 41.0 Å². The Bertz CT molecular complexity index is 1010. The fourth-order valence-corrected chi connectivity index (χ4v) is 5.29. The molecule has 184 valence electrons. The number of nitrogen functional groups attached to an aromatic ring is 1. The Morgan fingerprint density at radius 1 is 1.18 bits per heavy atom. The number of carbonyl (C=O) groups is 2. The number of imidazole rings is 1. The van der Waals surface area contributed by atoms with Crippen LogP contribution in [0.15, 0.2) is 12.7 Å². The van der Waals surface area contributed by atoms with Crippen LogP contribution in [0, 0.1) is 0 Å². The first-order valence-corrected chi connectivity index (χ1v) is 12.4. The number of hydrogen-bond acceptors (Lipinski definition) is 9. The molecule has 4 atom stereocenters. The quantitative estimate of drug-likeness (QED) is 0.236. The third-order valence-corrected chi connectivity index (χ3v) is 6.62. The van der Waals surface area contributed by atoms with Crippen LogP contribution in [0.4, 0.5) is 5.82 Å². The van der Waals surface area contributed by atoms with E-state index >= 15 is 0 Å². The van der Waals surface area contributed by atoms with Crippen LogP contribution in [0.25, 0.3) is 11.2 Å². The molecule has 0 bridgehead atoms. The first kappa shape index (κ1) is 26.7. The minimum Gasteiger partial charge on any atom is -0.481 e. The molecule has 0 amide bonds. The Hall–Kier alpha value is -2.60. The van der Waals surface area contributed by atoms with Crippen LogP contribution in [0.3, 0.4) is 0 Å². The van der Waals surface area contributed by atoms with Crippen molar-refractivity contribution in [2.45, 2.75) is 71.9 Å². The number of ether oxygens (including phenoxy) is 2. The standard InChI is InChI=1S/C19H32N7O6P/c1-11(2)32-19(29)14(5)25-33(30,24-12(3)6-15(27)28)10-31-13(4)7-26-9-23-16-17(20)21-8-22-18(16)26/h8-9,11-14H,6-7,10H2,1-5H3,(H,27,28)(H2,20,21,22)(H2,24,25,30)/t12-,13-,14+,33-/m1/s1. The predicted octanol–water partition coefficient (Wildman–Crippen LogP) is 1.35. The van der Waals surface area contributed by atoms with Crippen LogP contribution in [0.5, 0.6) is 0 Å². The number of esters is 1. The summed E-state index contributed by atoms with van der Waals surface area (Å²) in [6.07, 6.45) is 1.59. The van der Waals surface area contributed by atoms with Crippen molar-refractivity contribution in [2.24, 2.45) is 0 Å². The number of nitrogens with one attached hydrogen (secondary N) is 2. The zero-order chi connectivity index (χ0) is 24.8. The fraction of sp³-hybridized carbons (Fsp3) is 0.632. The van der Waals surface area contributed by atoms with Gasteiger partial charge in [-0.25, -0.2) is 25.1 Å². The molecule has 2 aromatic rings. The molecular weight excluding hydrogens is 453 g/mol. The van der Waals surface area contributed by atoms with E-state index in [4.69, 9.17) is 20.3 Å². The Kier molecular flexibility index (Phi) is 9.29. The molecule has 0 unspecified atom stereocenters. The predicted molar refractivity (Wildman–Crippen MR) is 121 cm³/mol. The molecule has 0 fully saturated rings. The Morgan fingerprint density at radius 2 is 1.88 bits per heavy atom. The Labute approximate surface area is 191 Å². The molecule has 0 aliphatic heterocycles. The van der Waals surface area contributed by atoms with E-state index in [0.717, 1.165) is 0 Å². The van der Waals surface area contributed by atoms with Gasteiger partial charge in [-0.1, -0.05) is 0 Å². The van der Waals surface area contributed by atoms with E-state index in [-0.39, 0.29) is 24.7 Å². The molecule has 2 heterocycles. The smallest absolute Gasteiger partial charge is 0.323 e. The number of hydrogen-bond donors (Lipinski definition) is 4. The van der Waals surface area contributed by atoms with Crippen molar-refractivity contribution in [3.8, 4) is 0 Å². The average molecular weight is 485 g/mol. The summed E-state index contributed by atoms with van der Waals surface area (Å²) in [6, 6.07) is -1.54. The molecule has 5 N–H and O–H groups in total. The number of carboxylic acid groups (broad SMARTS) is 1. The van der Waals surface area contributed by atoms with Crippen LogP contribution in [0.2, 0.25) is 0 Å². The number of carbonyl (C=O) groups excluding carboxylic acids is 1. The second kappa shape index (κ2) is 11.5. The maximum absolute atomic E-state index is 13.6. The van der Waals surface area contributed by atoms with E-state index in [1.54, 1.807) is 38.6 Å². The van der Waals surface area contributed by atoms with E-state index in [9.17, 15) is 14.2 Å². The summed E-state index contributed by atoms with van der Waals surface area (Å²) >= 11 is 0. The van der Waals surface area contributed by atoms with E-state index < -0.39 is 37.6 Å². The van der Waals surface area contributed by atoms with Crippen molar-refractivity contribution in [3.05, 3.63) is 12.7 Å². The summed E-state index contributed by atoms with van der Waals surface area (Å²) in [5.74, 6) is -1.36. The highest BCUT2D eigenvalue weighted by atomic mass is 31.2. The first-order chi connectivity index (χ1) is 15.4. The molecule has 0 radical (unpaired) electrons. The lowest BCUT2D eigenvalue weighted by Gasteiger charge is -2.28. The first-order valence-electron chi connectivity index (χ1n) is 10.5. The van der Waals surface area contributed by atoms with E-state index in [2.05, 4.69) is 25.1 Å². The lowest BCUT2D eigenvalue weighted by molar-refractivity contribution is -0.149. The summed E-state index contributed by atoms with van der Waals surface area (Å²) in [4.78, 5) is 35.5. The Morgan fingerprint density at radius 3 is 2.52 bits per heavy atom.